The number of amides is 2. The lowest BCUT2D eigenvalue weighted by Gasteiger charge is -2.44. The van der Waals surface area contributed by atoms with Gasteiger partial charge in [-0.15, -0.1) is 11.3 Å². The van der Waals surface area contributed by atoms with Gasteiger partial charge in [0.1, 0.15) is 0 Å². The Morgan fingerprint density at radius 2 is 1.87 bits per heavy atom. The Morgan fingerprint density at radius 3 is 2.55 bits per heavy atom. The van der Waals surface area contributed by atoms with Gasteiger partial charge in [0.15, 0.2) is 6.10 Å². The summed E-state index contributed by atoms with van der Waals surface area (Å²) in [6, 6.07) is 7.37. The highest BCUT2D eigenvalue weighted by atomic mass is 35.5. The summed E-state index contributed by atoms with van der Waals surface area (Å²) in [5.74, 6) is -0.0449. The van der Waals surface area contributed by atoms with E-state index in [0.29, 0.717) is 29.3 Å². The van der Waals surface area contributed by atoms with Crippen LogP contribution in [0.5, 0.6) is 0 Å². The number of fused-ring (bicyclic) bond motifs is 1. The molecule has 2 aliphatic rings. The monoisotopic (exact) mass is 474 g/mol. The van der Waals surface area contributed by atoms with Crippen LogP contribution in [0.25, 0.3) is 10.1 Å². The van der Waals surface area contributed by atoms with Crippen LogP contribution in [0.4, 0.5) is 18.0 Å². The molecule has 10 heteroatoms. The second-order valence-electron chi connectivity index (χ2n) is 8.13. The number of piperidine rings is 1. The van der Waals surface area contributed by atoms with Gasteiger partial charge >= 0.3 is 12.3 Å². The van der Waals surface area contributed by atoms with Gasteiger partial charge in [0, 0.05) is 34.9 Å². The number of nitrogens with zero attached hydrogens (tertiary/aromatic N) is 2. The molecule has 0 radical (unpaired) electrons. The predicted octanol–water partition coefficient (Wildman–Crippen LogP) is 5.71. The average molecular weight is 475 g/mol. The molecule has 2 saturated heterocycles. The van der Waals surface area contributed by atoms with Crippen LogP contribution in [-0.4, -0.2) is 59.3 Å². The number of rotatable bonds is 2. The van der Waals surface area contributed by atoms with Crippen LogP contribution in [0.3, 0.4) is 0 Å². The molecule has 31 heavy (non-hydrogen) atoms. The van der Waals surface area contributed by atoms with Crippen molar-refractivity contribution >= 4 is 45.0 Å². The summed E-state index contributed by atoms with van der Waals surface area (Å²) in [5.41, 5.74) is -0.378. The van der Waals surface area contributed by atoms with Crippen molar-refractivity contribution in [1.82, 2.24) is 9.80 Å². The largest absolute Gasteiger partial charge is 0.437 e. The van der Waals surface area contributed by atoms with Crippen LogP contribution in [0.2, 0.25) is 5.02 Å². The third-order valence-corrected chi connectivity index (χ3v) is 7.56. The molecule has 1 atom stereocenters. The number of thiophene rings is 1. The second-order valence-corrected chi connectivity index (χ2v) is 9.65. The summed E-state index contributed by atoms with van der Waals surface area (Å²) in [6.07, 6.45) is -4.99. The smallest absolute Gasteiger partial charge is 0.425 e. The Labute approximate surface area is 186 Å². The van der Waals surface area contributed by atoms with Crippen molar-refractivity contribution in [3.8, 4) is 0 Å². The molecule has 3 heterocycles. The van der Waals surface area contributed by atoms with Gasteiger partial charge in [-0.1, -0.05) is 11.6 Å². The minimum atomic E-state index is -4.59. The van der Waals surface area contributed by atoms with Crippen molar-refractivity contribution in [3.05, 3.63) is 34.2 Å². The van der Waals surface area contributed by atoms with Gasteiger partial charge in [0.25, 0.3) is 5.91 Å². The number of alkyl halides is 3. The van der Waals surface area contributed by atoms with E-state index >= 15 is 0 Å². The molecule has 5 nitrogen and oxygen atoms in total. The molecule has 0 bridgehead atoms. The fourth-order valence-corrected chi connectivity index (χ4v) is 5.60. The van der Waals surface area contributed by atoms with Crippen molar-refractivity contribution in [2.75, 3.05) is 19.6 Å². The number of carbonyl (C=O) groups is 2. The van der Waals surface area contributed by atoms with E-state index in [1.807, 2.05) is 23.1 Å². The summed E-state index contributed by atoms with van der Waals surface area (Å²) in [5, 5.41) is 1.53. The van der Waals surface area contributed by atoms with E-state index in [1.165, 1.54) is 16.2 Å². The van der Waals surface area contributed by atoms with Crippen molar-refractivity contribution in [2.45, 2.75) is 50.4 Å². The number of hydrogen-bond acceptors (Lipinski definition) is 4. The first-order chi connectivity index (χ1) is 14.6. The number of likely N-dealkylation sites (tertiary alicyclic amines) is 2. The lowest BCUT2D eigenvalue weighted by Crippen LogP contribution is -2.55. The summed E-state index contributed by atoms with van der Waals surface area (Å²) >= 11 is 7.47. The first kappa shape index (κ1) is 22.2. The number of benzene rings is 1. The van der Waals surface area contributed by atoms with Crippen LogP contribution < -0.4 is 0 Å². The Bertz CT molecular complexity index is 1000. The zero-order valence-electron chi connectivity index (χ0n) is 16.9. The fourth-order valence-electron chi connectivity index (χ4n) is 4.43. The number of hydrogen-bond donors (Lipinski definition) is 0. The molecule has 2 aromatic rings. The number of ether oxygens (including phenoxy) is 1. The lowest BCUT2D eigenvalue weighted by molar-refractivity contribution is -0.200. The highest BCUT2D eigenvalue weighted by Crippen LogP contribution is 2.41. The normalized spacial score (nSPS) is 19.8. The predicted molar refractivity (Wildman–Crippen MR) is 113 cm³/mol. The topological polar surface area (TPSA) is 49.9 Å². The van der Waals surface area contributed by atoms with Crippen molar-refractivity contribution in [2.24, 2.45) is 0 Å². The number of carbonyl (C=O) groups excluding carboxylic acids is 2. The van der Waals surface area contributed by atoms with Crippen molar-refractivity contribution in [3.63, 3.8) is 0 Å². The standard InChI is InChI=1S/C21H22ClF3N2O3S/c1-13(21(23,24)25)30-19(29)26-9-6-20(7-10-26)5-2-8-27(20)18(28)17-12-14-11-15(22)3-4-16(14)31-17/h3-4,11-13H,2,5-10H2,1H3. The molecular formula is C21H22ClF3N2O3S. The van der Waals surface area contributed by atoms with E-state index < -0.39 is 18.4 Å². The molecule has 1 aromatic heterocycles. The summed E-state index contributed by atoms with van der Waals surface area (Å²) in [4.78, 5) is 29.3. The van der Waals surface area contributed by atoms with Gasteiger partial charge in [0.05, 0.1) is 4.88 Å². The third-order valence-electron chi connectivity index (χ3n) is 6.22. The molecule has 1 spiro atoms. The lowest BCUT2D eigenvalue weighted by atomic mass is 9.85. The molecule has 2 amide bonds. The van der Waals surface area contributed by atoms with E-state index in [0.717, 1.165) is 29.9 Å². The van der Waals surface area contributed by atoms with Gasteiger partial charge in [-0.05, 0) is 62.3 Å². The Morgan fingerprint density at radius 1 is 1.16 bits per heavy atom. The SMILES string of the molecule is CC(OC(=O)N1CCC2(CCCN2C(=O)c2cc3cc(Cl)ccc3s2)CC1)C(F)(F)F. The zero-order valence-corrected chi connectivity index (χ0v) is 18.4. The maximum atomic E-state index is 13.3. The summed E-state index contributed by atoms with van der Waals surface area (Å²) < 4.78 is 43.6. The molecule has 168 valence electrons. The molecule has 0 N–H and O–H groups in total. The van der Waals surface area contributed by atoms with Crippen molar-refractivity contribution < 1.29 is 27.5 Å². The molecule has 2 aliphatic heterocycles. The van der Waals surface area contributed by atoms with Crippen LogP contribution in [0.1, 0.15) is 42.3 Å². The van der Waals surface area contributed by atoms with Crippen LogP contribution >= 0.6 is 22.9 Å². The van der Waals surface area contributed by atoms with Gasteiger partial charge < -0.3 is 14.5 Å². The van der Waals surface area contributed by atoms with Crippen LogP contribution in [-0.2, 0) is 4.74 Å². The summed E-state index contributed by atoms with van der Waals surface area (Å²) in [6.45, 7) is 1.96. The maximum absolute atomic E-state index is 13.3. The van der Waals surface area contributed by atoms with Gasteiger partial charge in [0.2, 0.25) is 0 Å². The first-order valence-corrected chi connectivity index (χ1v) is 11.3. The van der Waals surface area contributed by atoms with E-state index in [-0.39, 0.29) is 24.5 Å². The van der Waals surface area contributed by atoms with E-state index in [9.17, 15) is 22.8 Å². The molecule has 0 aliphatic carbocycles. The van der Waals surface area contributed by atoms with E-state index in [2.05, 4.69) is 4.74 Å². The molecule has 1 unspecified atom stereocenters. The van der Waals surface area contributed by atoms with Crippen molar-refractivity contribution in [1.29, 1.82) is 0 Å². The quantitative estimate of drug-likeness (QED) is 0.560. The molecular weight excluding hydrogens is 453 g/mol. The van der Waals surface area contributed by atoms with Crippen LogP contribution in [0, 0.1) is 0 Å². The highest BCUT2D eigenvalue weighted by molar-refractivity contribution is 7.20. The minimum absolute atomic E-state index is 0.0449. The van der Waals surface area contributed by atoms with Gasteiger partial charge in [-0.25, -0.2) is 4.79 Å². The molecule has 4 rings (SSSR count). The first-order valence-electron chi connectivity index (χ1n) is 10.1. The Balaban J connectivity index is 1.44. The second kappa shape index (κ2) is 8.16. The molecule has 2 fully saturated rings. The van der Waals surface area contributed by atoms with Gasteiger partial charge in [-0.2, -0.15) is 13.2 Å². The average Bonchev–Trinajstić information content (AvgIpc) is 3.31. The van der Waals surface area contributed by atoms with E-state index in [1.54, 1.807) is 6.07 Å². The summed E-state index contributed by atoms with van der Waals surface area (Å²) in [7, 11) is 0. The van der Waals surface area contributed by atoms with Crippen LogP contribution in [0.15, 0.2) is 24.3 Å². The van der Waals surface area contributed by atoms with Gasteiger partial charge in [-0.3, -0.25) is 4.79 Å². The number of halogens is 4. The Kier molecular flexibility index (Phi) is 5.85. The maximum Gasteiger partial charge on any atom is 0.425 e. The minimum Gasteiger partial charge on any atom is -0.437 e. The zero-order chi connectivity index (χ0) is 22.4. The molecule has 0 saturated carbocycles. The molecule has 1 aromatic carbocycles. The highest BCUT2D eigenvalue weighted by Gasteiger charge is 2.47. The Hall–Kier alpha value is -2.00. The van der Waals surface area contributed by atoms with E-state index in [4.69, 9.17) is 11.6 Å². The third kappa shape index (κ3) is 4.35. The fraction of sp³-hybridized carbons (Fsp3) is 0.524.